The van der Waals surface area contributed by atoms with Gasteiger partial charge in [-0.1, -0.05) is 70.4 Å². The first-order chi connectivity index (χ1) is 8.77. The average Bonchev–Trinajstić information content (AvgIpc) is 2.34. The lowest BCUT2D eigenvalue weighted by Crippen LogP contribution is -1.97. The molecule has 0 aliphatic heterocycles. The Morgan fingerprint density at radius 1 is 0.889 bits per heavy atom. The predicted octanol–water partition coefficient (Wildman–Crippen LogP) is 5.03. The van der Waals surface area contributed by atoms with Crippen LogP contribution >= 0.6 is 0 Å². The molecule has 2 nitrogen and oxygen atoms in total. The monoisotopic (exact) mass is 254 g/mol. The van der Waals surface area contributed by atoms with Gasteiger partial charge in [-0.2, -0.15) is 0 Å². The maximum atomic E-state index is 10.5. The number of hydrogen-bond acceptors (Lipinski definition) is 2. The predicted molar refractivity (Wildman–Crippen MR) is 77.6 cm³/mol. The summed E-state index contributed by atoms with van der Waals surface area (Å²) in [6.45, 7) is 4.12. The van der Waals surface area contributed by atoms with Crippen LogP contribution in [0.2, 0.25) is 0 Å². The number of carbonyl (C=O) groups excluding carboxylic acids is 1. The molecule has 0 bridgehead atoms. The zero-order valence-electron chi connectivity index (χ0n) is 12.2. The van der Waals surface area contributed by atoms with Gasteiger partial charge >= 0.3 is 5.97 Å². The van der Waals surface area contributed by atoms with E-state index >= 15 is 0 Å². The smallest absolute Gasteiger partial charge is 0.302 e. The number of carbonyl (C=O) groups is 1. The van der Waals surface area contributed by atoms with Crippen LogP contribution in [0.15, 0.2) is 12.2 Å². The lowest BCUT2D eigenvalue weighted by molar-refractivity contribution is -0.139. The van der Waals surface area contributed by atoms with Gasteiger partial charge in [-0.15, -0.1) is 0 Å². The van der Waals surface area contributed by atoms with Crippen molar-refractivity contribution in [3.63, 3.8) is 0 Å². The molecule has 0 saturated carbocycles. The van der Waals surface area contributed by atoms with Crippen molar-refractivity contribution in [3.8, 4) is 0 Å². The number of hydrogen-bond donors (Lipinski definition) is 0. The standard InChI is InChI=1S/C16H30O2/c1-3-4-5-6-7-8-9-10-11-12-13-14-15-18-16(2)17/h13-14H,3-12,15H2,1-2H3. The van der Waals surface area contributed by atoms with E-state index in [-0.39, 0.29) is 5.97 Å². The van der Waals surface area contributed by atoms with Gasteiger partial charge in [-0.05, 0) is 12.8 Å². The normalized spacial score (nSPS) is 11.0. The summed E-state index contributed by atoms with van der Waals surface area (Å²) >= 11 is 0. The van der Waals surface area contributed by atoms with Crippen LogP contribution in [0.3, 0.4) is 0 Å². The SMILES string of the molecule is CCCCCCCCCCCC=CCOC(C)=O. The van der Waals surface area contributed by atoms with Crippen LogP contribution in [0.1, 0.15) is 78.1 Å². The van der Waals surface area contributed by atoms with E-state index in [2.05, 4.69) is 13.0 Å². The molecule has 2 heteroatoms. The van der Waals surface area contributed by atoms with Crippen molar-refractivity contribution in [1.29, 1.82) is 0 Å². The molecule has 0 unspecified atom stereocenters. The zero-order valence-corrected chi connectivity index (χ0v) is 12.2. The van der Waals surface area contributed by atoms with Crippen molar-refractivity contribution in [3.05, 3.63) is 12.2 Å². The molecule has 0 amide bonds. The minimum atomic E-state index is -0.206. The second-order valence-electron chi connectivity index (χ2n) is 4.89. The van der Waals surface area contributed by atoms with Gasteiger partial charge in [-0.3, -0.25) is 4.79 Å². The molecule has 0 N–H and O–H groups in total. The Labute approximate surface area is 113 Å². The molecule has 0 radical (unpaired) electrons. The summed E-state index contributed by atoms with van der Waals surface area (Å²) in [6.07, 6.45) is 17.5. The van der Waals surface area contributed by atoms with Crippen LogP contribution in [0.25, 0.3) is 0 Å². The number of esters is 1. The van der Waals surface area contributed by atoms with Crippen LogP contribution in [0.5, 0.6) is 0 Å². The topological polar surface area (TPSA) is 26.3 Å². The number of ether oxygens (including phenoxy) is 1. The fraction of sp³-hybridized carbons (Fsp3) is 0.812. The van der Waals surface area contributed by atoms with E-state index < -0.39 is 0 Å². The van der Waals surface area contributed by atoms with Gasteiger partial charge in [0.15, 0.2) is 0 Å². The second-order valence-corrected chi connectivity index (χ2v) is 4.89. The molecule has 18 heavy (non-hydrogen) atoms. The summed E-state index contributed by atoms with van der Waals surface area (Å²) in [6, 6.07) is 0. The molecule has 0 aromatic carbocycles. The van der Waals surface area contributed by atoms with E-state index in [1.165, 1.54) is 64.7 Å². The Morgan fingerprint density at radius 2 is 1.44 bits per heavy atom. The first kappa shape index (κ1) is 17.2. The summed E-state index contributed by atoms with van der Waals surface area (Å²) < 4.78 is 4.81. The molecule has 0 spiro atoms. The van der Waals surface area contributed by atoms with E-state index in [0.717, 1.165) is 6.42 Å². The minimum Gasteiger partial charge on any atom is -0.462 e. The molecule has 0 aliphatic carbocycles. The Morgan fingerprint density at radius 3 is 2.00 bits per heavy atom. The molecular weight excluding hydrogens is 224 g/mol. The third kappa shape index (κ3) is 15.2. The number of allylic oxidation sites excluding steroid dienone is 1. The van der Waals surface area contributed by atoms with Crippen LogP contribution in [0, 0.1) is 0 Å². The lowest BCUT2D eigenvalue weighted by Gasteiger charge is -2.00. The van der Waals surface area contributed by atoms with E-state index in [0.29, 0.717) is 6.61 Å². The highest BCUT2D eigenvalue weighted by Crippen LogP contribution is 2.10. The quantitative estimate of drug-likeness (QED) is 0.277. The van der Waals surface area contributed by atoms with Gasteiger partial charge in [0, 0.05) is 6.92 Å². The molecule has 0 heterocycles. The Kier molecular flexibility index (Phi) is 13.6. The van der Waals surface area contributed by atoms with E-state index in [1.807, 2.05) is 6.08 Å². The summed E-state index contributed by atoms with van der Waals surface area (Å²) in [7, 11) is 0. The van der Waals surface area contributed by atoms with Crippen molar-refractivity contribution in [2.75, 3.05) is 6.61 Å². The fourth-order valence-electron chi connectivity index (χ4n) is 1.92. The highest BCUT2D eigenvalue weighted by Gasteiger charge is 1.91. The first-order valence-corrected chi connectivity index (χ1v) is 7.55. The van der Waals surface area contributed by atoms with Gasteiger partial charge in [0.1, 0.15) is 6.61 Å². The first-order valence-electron chi connectivity index (χ1n) is 7.55. The van der Waals surface area contributed by atoms with Crippen LogP contribution in [0.4, 0.5) is 0 Å². The van der Waals surface area contributed by atoms with Gasteiger partial charge in [0.2, 0.25) is 0 Å². The van der Waals surface area contributed by atoms with Crippen LogP contribution in [-0.4, -0.2) is 12.6 Å². The highest BCUT2D eigenvalue weighted by molar-refractivity contribution is 5.65. The van der Waals surface area contributed by atoms with Crippen molar-refractivity contribution >= 4 is 5.97 Å². The van der Waals surface area contributed by atoms with Gasteiger partial charge in [0.25, 0.3) is 0 Å². The fourth-order valence-corrected chi connectivity index (χ4v) is 1.92. The molecule has 0 saturated heterocycles. The van der Waals surface area contributed by atoms with Gasteiger partial charge in [-0.25, -0.2) is 0 Å². The molecule has 0 atom stereocenters. The van der Waals surface area contributed by atoms with E-state index in [4.69, 9.17) is 4.74 Å². The lowest BCUT2D eigenvalue weighted by atomic mass is 10.1. The second kappa shape index (κ2) is 14.3. The third-order valence-electron chi connectivity index (χ3n) is 3.02. The van der Waals surface area contributed by atoms with E-state index in [9.17, 15) is 4.79 Å². The van der Waals surface area contributed by atoms with Crippen molar-refractivity contribution in [2.24, 2.45) is 0 Å². The maximum absolute atomic E-state index is 10.5. The van der Waals surface area contributed by atoms with Crippen LogP contribution in [-0.2, 0) is 9.53 Å². The maximum Gasteiger partial charge on any atom is 0.302 e. The highest BCUT2D eigenvalue weighted by atomic mass is 16.5. The third-order valence-corrected chi connectivity index (χ3v) is 3.02. The van der Waals surface area contributed by atoms with Crippen molar-refractivity contribution < 1.29 is 9.53 Å². The number of unbranched alkanes of at least 4 members (excludes halogenated alkanes) is 9. The summed E-state index contributed by atoms with van der Waals surface area (Å²) in [5, 5.41) is 0. The average molecular weight is 254 g/mol. The van der Waals surface area contributed by atoms with Crippen LogP contribution < -0.4 is 0 Å². The molecule has 0 aromatic heterocycles. The summed E-state index contributed by atoms with van der Waals surface area (Å²) in [4.78, 5) is 10.5. The molecule has 0 aromatic rings. The van der Waals surface area contributed by atoms with Gasteiger partial charge in [0.05, 0.1) is 0 Å². The Bertz CT molecular complexity index is 209. The molecule has 106 valence electrons. The van der Waals surface area contributed by atoms with Crippen molar-refractivity contribution in [1.82, 2.24) is 0 Å². The molecule has 0 aliphatic rings. The minimum absolute atomic E-state index is 0.206. The zero-order chi connectivity index (χ0) is 13.5. The van der Waals surface area contributed by atoms with Gasteiger partial charge < -0.3 is 4.74 Å². The summed E-state index contributed by atoms with van der Waals surface area (Å²) in [5.74, 6) is -0.206. The Balaban J connectivity index is 3.04. The molecule has 0 rings (SSSR count). The Hall–Kier alpha value is -0.790. The molecular formula is C16H30O2. The largest absolute Gasteiger partial charge is 0.462 e. The summed E-state index contributed by atoms with van der Waals surface area (Å²) in [5.41, 5.74) is 0. The molecule has 0 fully saturated rings. The van der Waals surface area contributed by atoms with E-state index in [1.54, 1.807) is 0 Å². The van der Waals surface area contributed by atoms with Crippen molar-refractivity contribution in [2.45, 2.75) is 78.1 Å². The number of rotatable bonds is 12.